The van der Waals surface area contributed by atoms with E-state index in [2.05, 4.69) is 35.6 Å². The summed E-state index contributed by atoms with van der Waals surface area (Å²) in [5.74, 6) is 0.356. The Morgan fingerprint density at radius 3 is 2.41 bits per heavy atom. The highest BCUT2D eigenvalue weighted by atomic mass is 32.2. The van der Waals surface area contributed by atoms with Crippen LogP contribution < -0.4 is 30.1 Å². The first-order valence-electron chi connectivity index (χ1n) is 13.3. The molecule has 0 bridgehead atoms. The quantitative estimate of drug-likeness (QED) is 0.0923. The van der Waals surface area contributed by atoms with Crippen LogP contribution in [0.4, 0.5) is 30.8 Å². The topological polar surface area (TPSA) is 156 Å². The molecule has 3 aromatic rings. The first-order valence-corrected chi connectivity index (χ1v) is 14.7. The number of aromatic nitrogens is 3. The number of amides is 2. The SMILES string of the molecule is Cc1ccc(Nc2nc(NCc3ccc(OC/C=C/CS(=O)NC(=O)CCCNC=O)cc3)nc(OCC(F)(F)F)n2)cc1. The largest absolute Gasteiger partial charge is 0.490 e. The van der Waals surface area contributed by atoms with E-state index in [1.807, 2.05) is 19.1 Å². The van der Waals surface area contributed by atoms with Gasteiger partial charge in [-0.25, -0.2) is 4.21 Å². The van der Waals surface area contributed by atoms with E-state index in [0.29, 0.717) is 30.8 Å². The Balaban J connectivity index is 1.48. The third-order valence-corrected chi connectivity index (χ3v) is 6.41. The number of halogens is 3. The van der Waals surface area contributed by atoms with Crippen LogP contribution in [0.2, 0.25) is 0 Å². The highest BCUT2D eigenvalue weighted by Crippen LogP contribution is 2.21. The van der Waals surface area contributed by atoms with Gasteiger partial charge in [-0.05, 0) is 43.2 Å². The first kappa shape index (κ1) is 33.8. The number of ether oxygens (including phenoxy) is 2. The number of carbonyl (C=O) groups excluding carboxylic acids is 2. The first-order chi connectivity index (χ1) is 21.1. The summed E-state index contributed by atoms with van der Waals surface area (Å²) in [6.45, 7) is 1.20. The Labute approximate surface area is 254 Å². The van der Waals surface area contributed by atoms with Crippen molar-refractivity contribution in [2.75, 3.05) is 36.1 Å². The van der Waals surface area contributed by atoms with Gasteiger partial charge in [0.25, 0.3) is 0 Å². The minimum atomic E-state index is -4.56. The third-order valence-electron chi connectivity index (χ3n) is 5.46. The zero-order chi connectivity index (χ0) is 31.8. The number of carbonyl (C=O) groups is 2. The van der Waals surface area contributed by atoms with Crippen molar-refractivity contribution in [1.29, 1.82) is 0 Å². The van der Waals surface area contributed by atoms with Crippen LogP contribution in [0.1, 0.15) is 24.0 Å². The molecule has 0 aliphatic heterocycles. The number of aryl methyl sites for hydroxylation is 1. The van der Waals surface area contributed by atoms with Crippen LogP contribution in [0.3, 0.4) is 0 Å². The molecule has 1 heterocycles. The smallest absolute Gasteiger partial charge is 0.422 e. The van der Waals surface area contributed by atoms with Crippen molar-refractivity contribution >= 4 is 40.9 Å². The van der Waals surface area contributed by atoms with E-state index in [1.165, 1.54) is 0 Å². The van der Waals surface area contributed by atoms with Gasteiger partial charge in [-0.3, -0.25) is 14.3 Å². The van der Waals surface area contributed by atoms with Crippen LogP contribution >= 0.6 is 0 Å². The Morgan fingerprint density at radius 2 is 1.70 bits per heavy atom. The van der Waals surface area contributed by atoms with Gasteiger partial charge >= 0.3 is 12.2 Å². The molecule has 0 spiro atoms. The maximum atomic E-state index is 12.7. The molecule has 0 aliphatic rings. The summed E-state index contributed by atoms with van der Waals surface area (Å²) in [6, 6.07) is 13.8. The van der Waals surface area contributed by atoms with Gasteiger partial charge in [-0.2, -0.15) is 28.1 Å². The van der Waals surface area contributed by atoms with E-state index in [0.717, 1.165) is 11.1 Å². The zero-order valence-electron chi connectivity index (χ0n) is 23.7. The van der Waals surface area contributed by atoms with Crippen LogP contribution in [-0.2, 0) is 27.1 Å². The fraction of sp³-hybridized carbons (Fsp3) is 0.321. The highest BCUT2D eigenvalue weighted by Gasteiger charge is 2.29. The van der Waals surface area contributed by atoms with Gasteiger partial charge in [0.05, 0.1) is 5.75 Å². The van der Waals surface area contributed by atoms with Gasteiger partial charge in [0.2, 0.25) is 24.2 Å². The van der Waals surface area contributed by atoms with E-state index in [1.54, 1.807) is 48.6 Å². The van der Waals surface area contributed by atoms with E-state index >= 15 is 0 Å². The van der Waals surface area contributed by atoms with Crippen molar-refractivity contribution < 1.29 is 36.4 Å². The normalized spacial score (nSPS) is 11.9. The van der Waals surface area contributed by atoms with E-state index in [9.17, 15) is 27.0 Å². The number of anilines is 3. The van der Waals surface area contributed by atoms with Crippen molar-refractivity contribution in [3.63, 3.8) is 0 Å². The molecule has 44 heavy (non-hydrogen) atoms. The highest BCUT2D eigenvalue weighted by molar-refractivity contribution is 7.83. The Hall–Kier alpha value is -4.73. The summed E-state index contributed by atoms with van der Waals surface area (Å²) in [5, 5.41) is 8.35. The van der Waals surface area contributed by atoms with E-state index in [-0.39, 0.29) is 43.1 Å². The standard InChI is InChI=1S/C28H32F3N7O5S/c1-20-6-10-22(11-7-20)34-26-35-25(36-27(37-26)43-18-28(29,30)31)33-17-21-8-12-23(13-9-21)42-15-2-3-16-44(41)38-24(40)5-4-14-32-19-39/h2-3,6-13,19H,4-5,14-18H2,1H3,(H,32,39)(H,38,40)(H2,33,34,35,36,37)/b3-2+. The second-order valence-corrected chi connectivity index (χ2v) is 10.4. The van der Waals surface area contributed by atoms with Crippen LogP contribution in [-0.4, -0.2) is 63.2 Å². The molecule has 0 radical (unpaired) electrons. The van der Waals surface area contributed by atoms with Gasteiger partial charge in [0.15, 0.2) is 6.61 Å². The minimum absolute atomic E-state index is 0.00943. The lowest BCUT2D eigenvalue weighted by Gasteiger charge is -2.12. The van der Waals surface area contributed by atoms with Crippen molar-refractivity contribution in [2.24, 2.45) is 0 Å². The number of nitrogens with zero attached hydrogens (tertiary/aromatic N) is 3. The molecule has 1 aromatic heterocycles. The molecule has 16 heteroatoms. The van der Waals surface area contributed by atoms with Crippen molar-refractivity contribution in [3.05, 3.63) is 71.8 Å². The lowest BCUT2D eigenvalue weighted by Crippen LogP contribution is -2.27. The maximum absolute atomic E-state index is 12.7. The molecule has 0 aliphatic carbocycles. The molecule has 236 valence electrons. The third kappa shape index (κ3) is 13.5. The molecule has 0 fully saturated rings. The van der Waals surface area contributed by atoms with Crippen LogP contribution in [0.15, 0.2) is 60.7 Å². The van der Waals surface area contributed by atoms with E-state index < -0.39 is 29.8 Å². The Morgan fingerprint density at radius 1 is 0.977 bits per heavy atom. The fourth-order valence-electron chi connectivity index (χ4n) is 3.35. The number of hydrogen-bond acceptors (Lipinski definition) is 10. The summed E-state index contributed by atoms with van der Waals surface area (Å²) in [5.41, 5.74) is 2.48. The molecule has 2 aromatic carbocycles. The molecule has 1 atom stereocenters. The second kappa shape index (κ2) is 17.4. The van der Waals surface area contributed by atoms with Crippen LogP contribution in [0.5, 0.6) is 11.8 Å². The van der Waals surface area contributed by atoms with Gasteiger partial charge in [-0.15, -0.1) is 0 Å². The monoisotopic (exact) mass is 635 g/mol. The lowest BCUT2D eigenvalue weighted by atomic mass is 10.2. The molecular weight excluding hydrogens is 603 g/mol. The average Bonchev–Trinajstić information content (AvgIpc) is 2.98. The fourth-order valence-corrected chi connectivity index (χ4v) is 4.10. The van der Waals surface area contributed by atoms with Crippen LogP contribution in [0, 0.1) is 6.92 Å². The van der Waals surface area contributed by atoms with Crippen molar-refractivity contribution in [1.82, 2.24) is 25.0 Å². The molecule has 12 nitrogen and oxygen atoms in total. The van der Waals surface area contributed by atoms with E-state index in [4.69, 9.17) is 9.47 Å². The Kier molecular flexibility index (Phi) is 13.4. The van der Waals surface area contributed by atoms with Gasteiger partial charge in [0.1, 0.15) is 23.3 Å². The van der Waals surface area contributed by atoms with Crippen LogP contribution in [0.25, 0.3) is 0 Å². The number of benzene rings is 2. The van der Waals surface area contributed by atoms with Gasteiger partial charge < -0.3 is 25.4 Å². The maximum Gasteiger partial charge on any atom is 0.422 e. The molecule has 3 rings (SSSR count). The number of rotatable bonds is 18. The molecule has 4 N–H and O–H groups in total. The van der Waals surface area contributed by atoms with Crippen molar-refractivity contribution in [2.45, 2.75) is 32.5 Å². The minimum Gasteiger partial charge on any atom is -0.490 e. The summed E-state index contributed by atoms with van der Waals surface area (Å²) < 4.78 is 62.8. The molecular formula is C28H32F3N7O5S. The van der Waals surface area contributed by atoms with Crippen molar-refractivity contribution in [3.8, 4) is 11.8 Å². The summed E-state index contributed by atoms with van der Waals surface area (Å²) in [4.78, 5) is 34.0. The molecule has 2 amide bonds. The molecule has 0 saturated carbocycles. The molecule has 0 saturated heterocycles. The number of nitrogens with one attached hydrogen (secondary N) is 4. The van der Waals surface area contributed by atoms with Gasteiger partial charge in [0, 0.05) is 25.2 Å². The summed E-state index contributed by atoms with van der Waals surface area (Å²) in [6.07, 6.45) is -0.0921. The summed E-state index contributed by atoms with van der Waals surface area (Å²) >= 11 is 0. The predicted molar refractivity (Wildman–Crippen MR) is 159 cm³/mol. The summed E-state index contributed by atoms with van der Waals surface area (Å²) in [7, 11) is -1.56. The lowest BCUT2D eigenvalue weighted by molar-refractivity contribution is -0.154. The van der Waals surface area contributed by atoms with Gasteiger partial charge in [-0.1, -0.05) is 42.0 Å². The zero-order valence-corrected chi connectivity index (χ0v) is 24.5. The Bertz CT molecular complexity index is 1410. The molecule has 1 unspecified atom stereocenters. The second-order valence-electron chi connectivity index (χ2n) is 9.15. The average molecular weight is 636 g/mol. The number of alkyl halides is 3. The predicted octanol–water partition coefficient (Wildman–Crippen LogP) is 3.72. The number of hydrogen-bond donors (Lipinski definition) is 4.